The lowest BCUT2D eigenvalue weighted by atomic mass is 10.3. The van der Waals surface area contributed by atoms with Crippen LogP contribution in [0.1, 0.15) is 19.3 Å². The Morgan fingerprint density at radius 3 is 2.23 bits per heavy atom. The molecule has 0 amide bonds. The highest BCUT2D eigenvalue weighted by atomic mass is 32.2. The van der Waals surface area contributed by atoms with E-state index in [-0.39, 0.29) is 5.78 Å². The predicted molar refractivity (Wildman–Crippen MR) is 51.9 cm³/mol. The second-order valence-electron chi connectivity index (χ2n) is 2.24. The van der Waals surface area contributed by atoms with Crippen molar-refractivity contribution in [3.05, 3.63) is 0 Å². The molecule has 4 nitrogen and oxygen atoms in total. The molecular weight excluding hydrogens is 190 g/mol. The molecule has 0 aromatic heterocycles. The van der Waals surface area contributed by atoms with Crippen molar-refractivity contribution in [3.63, 3.8) is 0 Å². The van der Waals surface area contributed by atoms with Gasteiger partial charge in [-0.2, -0.15) is 0 Å². The van der Waals surface area contributed by atoms with Crippen molar-refractivity contribution in [1.82, 2.24) is 0 Å². The van der Waals surface area contributed by atoms with E-state index in [2.05, 4.69) is 4.40 Å². The van der Waals surface area contributed by atoms with E-state index in [0.29, 0.717) is 25.0 Å². The van der Waals surface area contributed by atoms with Crippen LogP contribution in [0.4, 0.5) is 0 Å². The van der Waals surface area contributed by atoms with E-state index < -0.39 is 0 Å². The molecule has 0 N–H and O–H groups in total. The van der Waals surface area contributed by atoms with E-state index in [9.17, 15) is 14.4 Å². The molecule has 0 fully saturated rings. The number of hydrogen-bond donors (Lipinski definition) is 0. The molecule has 5 heteroatoms. The number of rotatable bonds is 4. The zero-order chi connectivity index (χ0) is 9.94. The summed E-state index contributed by atoms with van der Waals surface area (Å²) in [6.45, 7) is 0. The van der Waals surface area contributed by atoms with Crippen molar-refractivity contribution in [3.8, 4) is 0 Å². The first-order valence-corrected chi connectivity index (χ1v) is 4.81. The van der Waals surface area contributed by atoms with Crippen LogP contribution in [0, 0.1) is 0 Å². The van der Waals surface area contributed by atoms with Gasteiger partial charge in [-0.05, 0) is 18.4 Å². The summed E-state index contributed by atoms with van der Waals surface area (Å²) in [6, 6.07) is 0. The molecule has 0 aliphatic carbocycles. The van der Waals surface area contributed by atoms with Crippen LogP contribution in [0.3, 0.4) is 0 Å². The van der Waals surface area contributed by atoms with Crippen LogP contribution in [0.5, 0.6) is 0 Å². The highest BCUT2D eigenvalue weighted by molar-refractivity contribution is 7.99. The van der Waals surface area contributed by atoms with Crippen LogP contribution in [0.2, 0.25) is 0 Å². The Labute approximate surface area is 80.9 Å². The van der Waals surface area contributed by atoms with Gasteiger partial charge in [-0.1, -0.05) is 0 Å². The minimum atomic E-state index is 0.125. The van der Waals surface area contributed by atoms with Crippen molar-refractivity contribution in [1.29, 1.82) is 0 Å². The third-order valence-electron chi connectivity index (χ3n) is 1.12. The summed E-state index contributed by atoms with van der Waals surface area (Å²) in [5, 5.41) is 0. The van der Waals surface area contributed by atoms with Gasteiger partial charge in [0.15, 0.2) is 5.78 Å². The molecule has 0 aromatic carbocycles. The topological polar surface area (TPSA) is 63.6 Å². The van der Waals surface area contributed by atoms with E-state index in [4.69, 9.17) is 0 Å². The molecule has 0 atom stereocenters. The second kappa shape index (κ2) is 9.12. The quantitative estimate of drug-likeness (QED) is 0.384. The fourth-order valence-electron chi connectivity index (χ4n) is 0.519. The Bertz CT molecular complexity index is 196. The van der Waals surface area contributed by atoms with Crippen molar-refractivity contribution < 1.29 is 14.4 Å². The van der Waals surface area contributed by atoms with Crippen molar-refractivity contribution in [2.75, 3.05) is 5.75 Å². The predicted octanol–water partition coefficient (Wildman–Crippen LogP) is 0.843. The maximum Gasteiger partial charge on any atom is 0.186 e. The zero-order valence-electron chi connectivity index (χ0n) is 7.14. The van der Waals surface area contributed by atoms with E-state index in [1.54, 1.807) is 0 Å². The van der Waals surface area contributed by atoms with Gasteiger partial charge in [-0.3, -0.25) is 4.79 Å². The monoisotopic (exact) mass is 201 g/mol. The summed E-state index contributed by atoms with van der Waals surface area (Å²) in [5.41, 5.74) is 0. The molecule has 13 heavy (non-hydrogen) atoms. The van der Waals surface area contributed by atoms with E-state index in [1.807, 2.05) is 0 Å². The molecule has 0 saturated heterocycles. The molecule has 72 valence electrons. The summed E-state index contributed by atoms with van der Waals surface area (Å²) in [6.07, 6.45) is 4.72. The van der Waals surface area contributed by atoms with E-state index >= 15 is 0 Å². The van der Waals surface area contributed by atoms with Crippen molar-refractivity contribution in [2.45, 2.75) is 19.3 Å². The first-order valence-electron chi connectivity index (χ1n) is 3.86. The molecule has 0 aromatic rings. The molecule has 1 rings (SSSR count). The number of hydrogen-bond acceptors (Lipinski definition) is 5. The first-order chi connectivity index (χ1) is 6.31. The number of unbranched alkanes of at least 4 members (excludes halogenated alkanes) is 2. The Kier molecular flexibility index (Phi) is 8.44. The lowest BCUT2D eigenvalue weighted by molar-refractivity contribution is -0.110. The van der Waals surface area contributed by atoms with Gasteiger partial charge < -0.3 is 9.59 Å². The highest BCUT2D eigenvalue weighted by Crippen LogP contribution is 2.05. The zero-order valence-corrected chi connectivity index (χ0v) is 7.96. The second-order valence-corrected chi connectivity index (χ2v) is 3.00. The van der Waals surface area contributed by atoms with Gasteiger partial charge in [-0.15, -0.1) is 0 Å². The molecule has 0 saturated carbocycles. The molecule has 1 heterocycles. The first kappa shape index (κ1) is 12.0. The number of ketones is 1. The van der Waals surface area contributed by atoms with Crippen molar-refractivity contribution >= 4 is 36.5 Å². The van der Waals surface area contributed by atoms with Crippen molar-refractivity contribution in [2.24, 2.45) is 4.40 Å². The van der Waals surface area contributed by atoms with Gasteiger partial charge in [0.2, 0.25) is 0 Å². The summed E-state index contributed by atoms with van der Waals surface area (Å²) in [5.74, 6) is 0.667. The third-order valence-corrected chi connectivity index (χ3v) is 1.79. The normalized spacial score (nSPS) is 13.4. The number of carbonyl (C=O) groups is 3. The van der Waals surface area contributed by atoms with Gasteiger partial charge in [-0.25, -0.2) is 4.40 Å². The molecular formula is C8H11NO3S. The lowest BCUT2D eigenvalue weighted by Crippen LogP contribution is -1.93. The largest absolute Gasteiger partial charge is 0.303 e. The fraction of sp³-hybridized carbons (Fsp3) is 0.500. The third kappa shape index (κ3) is 8.94. The summed E-state index contributed by atoms with van der Waals surface area (Å²) >= 11 is 1.30. The van der Waals surface area contributed by atoms with Crippen LogP contribution >= 0.6 is 11.9 Å². The van der Waals surface area contributed by atoms with Crippen LogP contribution in [-0.2, 0) is 14.4 Å². The molecule has 0 radical (unpaired) electrons. The van der Waals surface area contributed by atoms with Crippen LogP contribution < -0.4 is 0 Å². The lowest BCUT2D eigenvalue weighted by Gasteiger charge is -1.78. The minimum absolute atomic E-state index is 0.125. The number of carbonyl (C=O) groups excluding carboxylic acids is 3. The van der Waals surface area contributed by atoms with E-state index in [1.165, 1.54) is 18.2 Å². The number of Topliss-reactive ketones (excluding diaryl/α,β-unsaturated/α-hetero) is 1. The number of aldehydes is 2. The minimum Gasteiger partial charge on any atom is -0.303 e. The average molecular weight is 201 g/mol. The van der Waals surface area contributed by atoms with Gasteiger partial charge >= 0.3 is 0 Å². The fourth-order valence-corrected chi connectivity index (χ4v) is 0.987. The van der Waals surface area contributed by atoms with Gasteiger partial charge in [0.1, 0.15) is 12.6 Å². The Balaban J connectivity index is 0.000000223. The van der Waals surface area contributed by atoms with Gasteiger partial charge in [0.25, 0.3) is 0 Å². The average Bonchev–Trinajstić information content (AvgIpc) is 2.58. The molecule has 1 aliphatic heterocycles. The Morgan fingerprint density at radius 1 is 1.38 bits per heavy atom. The molecule has 0 spiro atoms. The van der Waals surface area contributed by atoms with Gasteiger partial charge in [0, 0.05) is 12.8 Å². The molecule has 1 aliphatic rings. The Hall–Kier alpha value is -0.970. The summed E-state index contributed by atoms with van der Waals surface area (Å²) in [7, 11) is 0. The van der Waals surface area contributed by atoms with E-state index in [0.717, 1.165) is 12.6 Å². The standard InChI is InChI=1S/C5H8O2.C3H3NOS/c6-4-2-1-3-5-7;5-3-1-4-6-2-3/h4-5H,1-3H2;1H,2H2. The van der Waals surface area contributed by atoms with Crippen LogP contribution in [0.25, 0.3) is 0 Å². The number of nitrogens with zero attached hydrogens (tertiary/aromatic N) is 1. The molecule has 0 unspecified atom stereocenters. The van der Waals surface area contributed by atoms with Crippen LogP contribution in [0.15, 0.2) is 4.40 Å². The maximum atomic E-state index is 10.1. The van der Waals surface area contributed by atoms with Crippen LogP contribution in [-0.4, -0.2) is 30.3 Å². The maximum absolute atomic E-state index is 10.1. The molecule has 0 bridgehead atoms. The smallest absolute Gasteiger partial charge is 0.186 e. The van der Waals surface area contributed by atoms with Gasteiger partial charge in [0.05, 0.1) is 12.0 Å². The SMILES string of the molecule is O=C1C=NSC1.O=CCCCC=O. The highest BCUT2D eigenvalue weighted by Gasteiger charge is 2.01. The Morgan fingerprint density at radius 2 is 2.00 bits per heavy atom. The summed E-state index contributed by atoms with van der Waals surface area (Å²) < 4.78 is 3.61. The summed E-state index contributed by atoms with van der Waals surface area (Å²) in [4.78, 5) is 29.2.